The number of alkyl halides is 2. The van der Waals surface area contributed by atoms with Crippen molar-refractivity contribution in [3.05, 3.63) is 65.1 Å². The number of nitrogens with two attached hydrogens (primary N) is 1. The first kappa shape index (κ1) is 39.5. The number of nitrogens with zero attached hydrogens (tertiary/aromatic N) is 3. The monoisotopic (exact) mass is 772 g/mol. The van der Waals surface area contributed by atoms with Crippen LogP contribution in [-0.4, -0.2) is 84.4 Å². The SMILES string of the molecule is C[C@H](N)c1oc(-c2ccc(OC(F)F)c(OCCCCC(=O)N3CCN(C(=O)C4CC4)CC3)c2)nc1C(=O)NC(C(=O)NCC1CC1)c1ccc(F)cc1F. The van der Waals surface area contributed by atoms with E-state index in [1.54, 1.807) is 4.90 Å². The summed E-state index contributed by atoms with van der Waals surface area (Å²) in [6, 6.07) is 4.12. The number of ether oxygens (including phenoxy) is 2. The third kappa shape index (κ3) is 10.3. The van der Waals surface area contributed by atoms with Crippen molar-refractivity contribution in [2.75, 3.05) is 39.3 Å². The molecule has 17 heteroatoms. The lowest BCUT2D eigenvalue weighted by Gasteiger charge is -2.35. The Bertz CT molecular complexity index is 1880. The molecule has 0 spiro atoms. The summed E-state index contributed by atoms with van der Waals surface area (Å²) in [5, 5.41) is 5.17. The third-order valence-electron chi connectivity index (χ3n) is 9.67. The first-order chi connectivity index (χ1) is 26.4. The van der Waals surface area contributed by atoms with Gasteiger partial charge < -0.3 is 40.1 Å². The van der Waals surface area contributed by atoms with Crippen LogP contribution in [0.3, 0.4) is 0 Å². The summed E-state index contributed by atoms with van der Waals surface area (Å²) < 4.78 is 71.5. The lowest BCUT2D eigenvalue weighted by Crippen LogP contribution is -2.51. The molecule has 0 bridgehead atoms. The Hall–Kier alpha value is -5.19. The van der Waals surface area contributed by atoms with Gasteiger partial charge in [-0.05, 0) is 75.6 Å². The Labute approximate surface area is 314 Å². The molecular formula is C38H44F4N6O7. The average molecular weight is 773 g/mol. The van der Waals surface area contributed by atoms with Crippen molar-refractivity contribution in [1.82, 2.24) is 25.4 Å². The molecule has 2 aliphatic carbocycles. The van der Waals surface area contributed by atoms with Crippen LogP contribution < -0.4 is 25.8 Å². The zero-order valence-electron chi connectivity index (χ0n) is 30.3. The Balaban J connectivity index is 1.11. The number of benzene rings is 2. The van der Waals surface area contributed by atoms with Gasteiger partial charge in [0.05, 0.1) is 12.6 Å². The van der Waals surface area contributed by atoms with Crippen molar-refractivity contribution in [1.29, 1.82) is 0 Å². The van der Waals surface area contributed by atoms with Crippen LogP contribution in [0, 0.1) is 23.5 Å². The van der Waals surface area contributed by atoms with Crippen LogP contribution in [0.25, 0.3) is 11.5 Å². The van der Waals surface area contributed by atoms with Crippen molar-refractivity contribution in [2.45, 2.75) is 70.6 Å². The van der Waals surface area contributed by atoms with Crippen LogP contribution >= 0.6 is 0 Å². The molecule has 3 aromatic rings. The number of halogens is 4. The molecule has 3 aliphatic rings. The molecule has 13 nitrogen and oxygen atoms in total. The zero-order valence-corrected chi connectivity index (χ0v) is 30.3. The molecule has 1 aromatic heterocycles. The van der Waals surface area contributed by atoms with E-state index < -0.39 is 42.1 Å². The molecule has 4 N–H and O–H groups in total. The fourth-order valence-electron chi connectivity index (χ4n) is 6.25. The van der Waals surface area contributed by atoms with Crippen LogP contribution in [0.4, 0.5) is 17.6 Å². The number of hydrogen-bond acceptors (Lipinski definition) is 9. The molecule has 1 aliphatic heterocycles. The molecule has 2 aromatic carbocycles. The highest BCUT2D eigenvalue weighted by Gasteiger charge is 2.35. The molecule has 4 amide bonds. The molecule has 1 unspecified atom stereocenters. The number of carbonyl (C=O) groups is 4. The van der Waals surface area contributed by atoms with E-state index in [4.69, 9.17) is 14.9 Å². The quantitative estimate of drug-likeness (QED) is 0.128. The summed E-state index contributed by atoms with van der Waals surface area (Å²) in [5.74, 6) is -3.58. The maximum atomic E-state index is 14.9. The molecule has 296 valence electrons. The van der Waals surface area contributed by atoms with Gasteiger partial charge in [-0.3, -0.25) is 19.2 Å². The minimum absolute atomic E-state index is 0.0380. The van der Waals surface area contributed by atoms with Gasteiger partial charge in [0.2, 0.25) is 23.6 Å². The van der Waals surface area contributed by atoms with Crippen LogP contribution in [-0.2, 0) is 14.4 Å². The van der Waals surface area contributed by atoms with Gasteiger partial charge in [-0.15, -0.1) is 0 Å². The van der Waals surface area contributed by atoms with E-state index in [0.717, 1.165) is 37.8 Å². The lowest BCUT2D eigenvalue weighted by atomic mass is 10.0. The number of nitrogens with one attached hydrogen (secondary N) is 2. The maximum Gasteiger partial charge on any atom is 0.387 e. The van der Waals surface area contributed by atoms with Crippen LogP contribution in [0.15, 0.2) is 40.8 Å². The first-order valence-corrected chi connectivity index (χ1v) is 18.5. The topological polar surface area (TPSA) is 169 Å². The standard InChI is InChI=1S/C38H44F4N6O7/c1-21(43)33-32(35(51)45-31(34(50)44-20-22-5-6-22)26-11-10-25(39)19-27(26)40)46-36(55-33)24-9-12-28(54-38(41)42)29(18-24)53-17-3-2-4-30(49)47-13-15-48(16-14-47)37(52)23-7-8-23/h9-12,18-19,21-23,31,38H,2-8,13-17,20,43H2,1H3,(H,44,50)(H,45,51)/t21-,31?/m0/s1. The Morgan fingerprint density at radius 3 is 2.35 bits per heavy atom. The summed E-state index contributed by atoms with van der Waals surface area (Å²) in [5.41, 5.74) is 5.73. The van der Waals surface area contributed by atoms with Gasteiger partial charge in [0.1, 0.15) is 17.7 Å². The van der Waals surface area contributed by atoms with Crippen molar-refractivity contribution < 1.29 is 50.6 Å². The number of unbranched alkanes of at least 4 members (excludes halogenated alkanes) is 1. The normalized spacial score (nSPS) is 16.8. The molecule has 0 radical (unpaired) electrons. The van der Waals surface area contributed by atoms with Gasteiger partial charge in [-0.25, -0.2) is 13.8 Å². The fourth-order valence-corrected chi connectivity index (χ4v) is 6.25. The van der Waals surface area contributed by atoms with Crippen LogP contribution in [0.5, 0.6) is 11.5 Å². The van der Waals surface area contributed by atoms with E-state index in [1.807, 2.05) is 4.90 Å². The van der Waals surface area contributed by atoms with Gasteiger partial charge >= 0.3 is 6.61 Å². The molecule has 1 saturated heterocycles. The van der Waals surface area contributed by atoms with Gasteiger partial charge in [0.15, 0.2) is 23.0 Å². The molecule has 55 heavy (non-hydrogen) atoms. The maximum absolute atomic E-state index is 14.9. The fraction of sp³-hybridized carbons (Fsp3) is 0.500. The Morgan fingerprint density at radius 2 is 1.69 bits per heavy atom. The van der Waals surface area contributed by atoms with E-state index in [9.17, 15) is 36.7 Å². The smallest absolute Gasteiger partial charge is 0.387 e. The predicted octanol–water partition coefficient (Wildman–Crippen LogP) is 4.87. The van der Waals surface area contributed by atoms with Crippen molar-refractivity contribution in [2.24, 2.45) is 17.6 Å². The van der Waals surface area contributed by atoms with Crippen molar-refractivity contribution in [3.63, 3.8) is 0 Å². The number of aromatic nitrogens is 1. The Morgan fingerprint density at radius 1 is 0.964 bits per heavy atom. The average Bonchev–Trinajstić information content (AvgIpc) is 4.11. The number of piperazine rings is 1. The highest BCUT2D eigenvalue weighted by atomic mass is 19.3. The number of amides is 4. The highest BCUT2D eigenvalue weighted by Crippen LogP contribution is 2.36. The van der Waals surface area contributed by atoms with E-state index in [1.165, 1.54) is 25.1 Å². The van der Waals surface area contributed by atoms with Gasteiger partial charge in [0, 0.05) is 62.3 Å². The number of oxazole rings is 1. The van der Waals surface area contributed by atoms with Gasteiger partial charge in [0.25, 0.3) is 5.91 Å². The van der Waals surface area contributed by atoms with Gasteiger partial charge in [-0.1, -0.05) is 6.07 Å². The van der Waals surface area contributed by atoms with Gasteiger partial charge in [-0.2, -0.15) is 8.78 Å². The minimum atomic E-state index is -3.16. The van der Waals surface area contributed by atoms with E-state index >= 15 is 0 Å². The van der Waals surface area contributed by atoms with E-state index in [0.29, 0.717) is 51.6 Å². The Kier molecular flexibility index (Phi) is 12.6. The predicted molar refractivity (Wildman–Crippen MR) is 189 cm³/mol. The van der Waals surface area contributed by atoms with Crippen molar-refractivity contribution >= 4 is 23.6 Å². The molecular weight excluding hydrogens is 728 g/mol. The molecule has 2 saturated carbocycles. The highest BCUT2D eigenvalue weighted by molar-refractivity contribution is 5.97. The zero-order chi connectivity index (χ0) is 39.2. The molecule has 3 fully saturated rings. The summed E-state index contributed by atoms with van der Waals surface area (Å²) >= 11 is 0. The second kappa shape index (κ2) is 17.5. The second-order valence-corrected chi connectivity index (χ2v) is 14.1. The summed E-state index contributed by atoms with van der Waals surface area (Å²) in [6.07, 6.45) is 4.83. The number of hydrogen-bond donors (Lipinski definition) is 3. The first-order valence-electron chi connectivity index (χ1n) is 18.5. The van der Waals surface area contributed by atoms with E-state index in [2.05, 4.69) is 20.4 Å². The molecule has 2 heterocycles. The minimum Gasteiger partial charge on any atom is -0.490 e. The largest absolute Gasteiger partial charge is 0.490 e. The second-order valence-electron chi connectivity index (χ2n) is 14.1. The summed E-state index contributed by atoms with van der Waals surface area (Å²) in [4.78, 5) is 59.8. The lowest BCUT2D eigenvalue weighted by molar-refractivity contribution is -0.140. The molecule has 2 atom stereocenters. The molecule has 6 rings (SSSR count). The van der Waals surface area contributed by atoms with Crippen molar-refractivity contribution in [3.8, 4) is 23.0 Å². The number of carbonyl (C=O) groups excluding carboxylic acids is 4. The third-order valence-corrected chi connectivity index (χ3v) is 9.67. The van der Waals surface area contributed by atoms with E-state index in [-0.39, 0.29) is 76.6 Å². The van der Waals surface area contributed by atoms with Crippen LogP contribution in [0.1, 0.15) is 85.8 Å². The number of rotatable bonds is 17. The van der Waals surface area contributed by atoms with Crippen LogP contribution in [0.2, 0.25) is 0 Å². The summed E-state index contributed by atoms with van der Waals surface area (Å²) in [7, 11) is 0. The summed E-state index contributed by atoms with van der Waals surface area (Å²) in [6.45, 7) is 0.730.